The Morgan fingerprint density at radius 2 is 1.57 bits per heavy atom. The summed E-state index contributed by atoms with van der Waals surface area (Å²) in [7, 11) is 0. The van der Waals surface area contributed by atoms with E-state index in [1.807, 2.05) is 24.3 Å². The number of likely N-dealkylation sites (N-methyl/N-ethyl adjacent to an activating group) is 1. The molecule has 11 heteroatoms. The molecule has 0 atom stereocenters. The van der Waals surface area contributed by atoms with Crippen molar-refractivity contribution in [2.24, 2.45) is 0 Å². The molecular weight excluding hydrogens is 504 g/mol. The number of aromatic nitrogens is 2. The van der Waals surface area contributed by atoms with Crippen LogP contribution in [0.25, 0.3) is 11.0 Å². The predicted molar refractivity (Wildman–Crippen MR) is 132 cm³/mol. The summed E-state index contributed by atoms with van der Waals surface area (Å²) in [5, 5.41) is 17.2. The second kappa shape index (κ2) is 13.0. The van der Waals surface area contributed by atoms with E-state index < -0.39 is 12.1 Å². The summed E-state index contributed by atoms with van der Waals surface area (Å²) in [4.78, 5) is 11.3. The van der Waals surface area contributed by atoms with Gasteiger partial charge in [-0.2, -0.15) is 13.2 Å². The number of para-hydroxylation sites is 2. The molecule has 0 amide bonds. The number of alkyl halides is 3. The molecule has 0 radical (unpaired) electrons. The fourth-order valence-corrected chi connectivity index (χ4v) is 4.18. The van der Waals surface area contributed by atoms with E-state index in [0.717, 1.165) is 62.2 Å². The summed E-state index contributed by atoms with van der Waals surface area (Å²) in [6, 6.07) is 14.0. The highest BCUT2D eigenvalue weighted by Gasteiger charge is 2.38. The molecule has 0 saturated heterocycles. The monoisotopic (exact) mass is 532 g/mol. The lowest BCUT2D eigenvalue weighted by molar-refractivity contribution is -0.192. The first kappa shape index (κ1) is 28.7. The number of nitrogens with zero attached hydrogens (tertiary/aromatic N) is 3. The van der Waals surface area contributed by atoms with Crippen molar-refractivity contribution < 1.29 is 23.1 Å². The molecule has 0 bridgehead atoms. The maximum Gasteiger partial charge on any atom is 0.490 e. The molecule has 192 valence electrons. The van der Waals surface area contributed by atoms with Crippen LogP contribution in [0, 0.1) is 5.41 Å². The number of carbonyl (C=O) groups is 1. The zero-order valence-electron chi connectivity index (χ0n) is 19.6. The Morgan fingerprint density at radius 1 is 1.03 bits per heavy atom. The minimum atomic E-state index is -5.08. The predicted octanol–water partition coefficient (Wildman–Crippen LogP) is 5.84. The zero-order valence-corrected chi connectivity index (χ0v) is 21.1. The zero-order chi connectivity index (χ0) is 26.2. The number of benzene rings is 2. The summed E-state index contributed by atoms with van der Waals surface area (Å²) in [5.74, 6) is -2.76. The Bertz CT molecular complexity index is 1190. The van der Waals surface area contributed by atoms with E-state index in [1.54, 1.807) is 6.07 Å². The molecule has 0 saturated carbocycles. The van der Waals surface area contributed by atoms with Crippen LogP contribution in [0.5, 0.6) is 0 Å². The number of carboxylic acid groups (broad SMARTS) is 1. The van der Waals surface area contributed by atoms with Crippen LogP contribution in [0.15, 0.2) is 42.5 Å². The number of carboxylic acids is 1. The van der Waals surface area contributed by atoms with Gasteiger partial charge >= 0.3 is 12.1 Å². The van der Waals surface area contributed by atoms with Gasteiger partial charge < -0.3 is 19.1 Å². The highest BCUT2D eigenvalue weighted by Crippen LogP contribution is 2.22. The molecule has 35 heavy (non-hydrogen) atoms. The molecule has 2 N–H and O–H groups in total. The quantitative estimate of drug-likeness (QED) is 0.363. The Morgan fingerprint density at radius 3 is 2.06 bits per heavy atom. The van der Waals surface area contributed by atoms with Crippen LogP contribution >= 0.6 is 23.2 Å². The fourth-order valence-electron chi connectivity index (χ4n) is 3.68. The van der Waals surface area contributed by atoms with E-state index in [2.05, 4.69) is 40.0 Å². The van der Waals surface area contributed by atoms with E-state index in [0.29, 0.717) is 15.7 Å². The van der Waals surface area contributed by atoms with E-state index in [1.165, 1.54) is 0 Å². The summed E-state index contributed by atoms with van der Waals surface area (Å²) in [5.41, 5.74) is 3.91. The van der Waals surface area contributed by atoms with Crippen LogP contribution in [0.3, 0.4) is 0 Å². The molecule has 0 fully saturated rings. The number of aryl methyl sites for hydroxylation is 2. The fraction of sp³-hybridized carbons (Fsp3) is 0.417. The van der Waals surface area contributed by atoms with E-state index in [-0.39, 0.29) is 0 Å². The van der Waals surface area contributed by atoms with Crippen molar-refractivity contribution in [3.63, 3.8) is 0 Å². The Kier molecular flexibility index (Phi) is 10.7. The van der Waals surface area contributed by atoms with Gasteiger partial charge in [-0.3, -0.25) is 5.41 Å². The molecule has 0 aliphatic carbocycles. The van der Waals surface area contributed by atoms with Crippen LogP contribution in [-0.2, 0) is 24.3 Å². The summed E-state index contributed by atoms with van der Waals surface area (Å²) >= 11 is 12.3. The molecule has 0 aliphatic heterocycles. The number of nitrogens with one attached hydrogen (secondary N) is 1. The summed E-state index contributed by atoms with van der Waals surface area (Å²) < 4.78 is 36.0. The molecule has 3 aromatic rings. The number of halogens is 5. The second-order valence-corrected chi connectivity index (χ2v) is 8.63. The van der Waals surface area contributed by atoms with Gasteiger partial charge in [0.1, 0.15) is 0 Å². The highest BCUT2D eigenvalue weighted by atomic mass is 35.5. The van der Waals surface area contributed by atoms with Gasteiger partial charge in [-0.25, -0.2) is 4.79 Å². The lowest BCUT2D eigenvalue weighted by atomic mass is 10.1. The standard InChI is InChI=1S/C22H28Cl2N4.C2HF3O2/c1-3-26(4-2)14-15-28-21-10-6-5-9-20(21)27(22(28)25)13-7-8-17-11-12-18(23)16-19(17)24;3-2(4,5)1(6)7/h5-6,9-12,16,25H,3-4,7-8,13-15H2,1-2H3;(H,6,7). The molecule has 3 rings (SSSR count). The lowest BCUT2D eigenvalue weighted by Gasteiger charge is -2.18. The Hall–Kier alpha value is -2.49. The third-order valence-corrected chi connectivity index (χ3v) is 6.18. The van der Waals surface area contributed by atoms with Crippen molar-refractivity contribution in [1.82, 2.24) is 14.0 Å². The normalized spacial score (nSPS) is 11.5. The number of hydrogen-bond donors (Lipinski definition) is 2. The van der Waals surface area contributed by atoms with Crippen LogP contribution < -0.4 is 5.62 Å². The van der Waals surface area contributed by atoms with Gasteiger partial charge in [-0.15, -0.1) is 0 Å². The second-order valence-electron chi connectivity index (χ2n) is 7.78. The smallest absolute Gasteiger partial charge is 0.475 e. The molecule has 1 heterocycles. The number of fused-ring (bicyclic) bond motifs is 1. The molecule has 6 nitrogen and oxygen atoms in total. The van der Waals surface area contributed by atoms with Gasteiger partial charge in [0, 0.05) is 29.7 Å². The van der Waals surface area contributed by atoms with Gasteiger partial charge in [-0.05, 0) is 55.8 Å². The number of aliphatic carboxylic acids is 1. The number of rotatable bonds is 9. The maximum absolute atomic E-state index is 10.6. The van der Waals surface area contributed by atoms with Gasteiger partial charge in [-0.1, -0.05) is 55.2 Å². The van der Waals surface area contributed by atoms with Crippen molar-refractivity contribution in [1.29, 1.82) is 5.41 Å². The number of imidazole rings is 1. The molecule has 0 aliphatic rings. The van der Waals surface area contributed by atoms with Crippen molar-refractivity contribution in [3.05, 3.63) is 63.7 Å². The summed E-state index contributed by atoms with van der Waals surface area (Å²) in [6.45, 7) is 9.00. The van der Waals surface area contributed by atoms with Gasteiger partial charge in [0.05, 0.1) is 11.0 Å². The molecule has 2 aromatic carbocycles. The first-order chi connectivity index (χ1) is 16.5. The number of hydrogen-bond acceptors (Lipinski definition) is 3. The molecule has 0 unspecified atom stereocenters. The van der Waals surface area contributed by atoms with E-state index in [4.69, 9.17) is 38.5 Å². The van der Waals surface area contributed by atoms with Crippen molar-refractivity contribution >= 4 is 40.2 Å². The highest BCUT2D eigenvalue weighted by molar-refractivity contribution is 6.35. The molecular formula is C24H29Cl2F3N4O2. The van der Waals surface area contributed by atoms with Crippen LogP contribution in [0.2, 0.25) is 10.0 Å². The minimum Gasteiger partial charge on any atom is -0.475 e. The van der Waals surface area contributed by atoms with E-state index in [9.17, 15) is 13.2 Å². The maximum atomic E-state index is 10.6. The largest absolute Gasteiger partial charge is 0.490 e. The van der Waals surface area contributed by atoms with E-state index >= 15 is 0 Å². The molecule has 1 aromatic heterocycles. The average molecular weight is 533 g/mol. The molecule has 0 spiro atoms. The summed E-state index contributed by atoms with van der Waals surface area (Å²) in [6.07, 6.45) is -3.30. The first-order valence-corrected chi connectivity index (χ1v) is 11.9. The third kappa shape index (κ3) is 8.02. The lowest BCUT2D eigenvalue weighted by Crippen LogP contribution is -2.32. The van der Waals surface area contributed by atoms with Crippen molar-refractivity contribution in [3.8, 4) is 0 Å². The van der Waals surface area contributed by atoms with Gasteiger partial charge in [0.2, 0.25) is 5.62 Å². The van der Waals surface area contributed by atoms with Gasteiger partial charge in [0.15, 0.2) is 0 Å². The van der Waals surface area contributed by atoms with Gasteiger partial charge in [0.25, 0.3) is 0 Å². The van der Waals surface area contributed by atoms with Crippen LogP contribution in [0.4, 0.5) is 13.2 Å². The Labute approximate surface area is 212 Å². The Balaban J connectivity index is 0.000000540. The topological polar surface area (TPSA) is 74.2 Å². The minimum absolute atomic E-state index is 0.565. The SMILES string of the molecule is CCN(CC)CCn1c(=N)n(CCCc2ccc(Cl)cc2Cl)c2ccccc21.O=C(O)C(F)(F)F. The van der Waals surface area contributed by atoms with Crippen molar-refractivity contribution in [2.45, 2.75) is 46.0 Å². The van der Waals surface area contributed by atoms with Crippen LogP contribution in [-0.4, -0.2) is 50.9 Å². The first-order valence-electron chi connectivity index (χ1n) is 11.2. The third-order valence-electron chi connectivity index (χ3n) is 5.59. The average Bonchev–Trinajstić information content (AvgIpc) is 3.07. The van der Waals surface area contributed by atoms with Crippen LogP contribution in [0.1, 0.15) is 25.8 Å². The van der Waals surface area contributed by atoms with Crippen molar-refractivity contribution in [2.75, 3.05) is 19.6 Å².